The molecule has 0 amide bonds. The first-order valence-corrected chi connectivity index (χ1v) is 10.1. The summed E-state index contributed by atoms with van der Waals surface area (Å²) < 4.78 is 0. The largest absolute Gasteiger partial charge is 0.166 e. The second kappa shape index (κ2) is 7.63. The maximum atomic E-state index is 2.28. The normalized spacial score (nSPS) is 10.8. The molecule has 0 heterocycles. The van der Waals surface area contributed by atoms with Crippen molar-refractivity contribution in [1.82, 2.24) is 0 Å². The van der Waals surface area contributed by atoms with Gasteiger partial charge in [0.1, 0.15) is 0 Å². The Labute approximate surface area is 158 Å². The Hall–Kier alpha value is -2.77. The van der Waals surface area contributed by atoms with E-state index < -0.39 is 0 Å². The van der Waals surface area contributed by atoms with Crippen molar-refractivity contribution < 1.29 is 0 Å². The minimum atomic E-state index is -0.0830. The maximum absolute atomic E-state index is 2.28. The number of hydrogen-bond donors (Lipinski definition) is 0. The van der Waals surface area contributed by atoms with Gasteiger partial charge >= 0.3 is 0 Å². The van der Waals surface area contributed by atoms with E-state index in [2.05, 4.69) is 116 Å². The molecular weight excluding hydrogens is 332 g/mol. The summed E-state index contributed by atoms with van der Waals surface area (Å²) in [6.45, 7) is 2.12. The highest BCUT2D eigenvalue weighted by molar-refractivity contribution is 7.97. The van der Waals surface area contributed by atoms with Crippen molar-refractivity contribution in [2.75, 3.05) is 0 Å². The molecule has 126 valence electrons. The number of hydrogen-bond acceptors (Lipinski definition) is 0. The molecule has 0 aliphatic carbocycles. The van der Waals surface area contributed by atoms with Gasteiger partial charge in [-0.05, 0) is 66.6 Å². The summed E-state index contributed by atoms with van der Waals surface area (Å²) in [4.78, 5) is 4.04. The molecule has 4 aromatic rings. The molecule has 0 aromatic heterocycles. The van der Waals surface area contributed by atoms with Crippen LogP contribution in [0.4, 0.5) is 0 Å². The molecule has 4 aromatic carbocycles. The van der Waals surface area contributed by atoms with Crippen LogP contribution in [-0.2, 0) is 10.9 Å². The van der Waals surface area contributed by atoms with Gasteiger partial charge in [0.2, 0.25) is 0 Å². The summed E-state index contributed by atoms with van der Waals surface area (Å²) in [7, 11) is -0.0830. The minimum Gasteiger partial charge on any atom is -0.0619 e. The maximum Gasteiger partial charge on any atom is 0.166 e. The van der Waals surface area contributed by atoms with Crippen LogP contribution in [0.5, 0.6) is 0 Å². The lowest BCUT2D eigenvalue weighted by Crippen LogP contribution is -2.04. The Morgan fingerprint density at radius 2 is 0.808 bits per heavy atom. The molecule has 1 heteroatoms. The van der Waals surface area contributed by atoms with Crippen molar-refractivity contribution in [3.05, 3.63) is 115 Å². The van der Waals surface area contributed by atoms with Crippen LogP contribution in [0, 0.1) is 6.92 Å². The van der Waals surface area contributed by atoms with E-state index in [0.717, 1.165) is 0 Å². The second-order valence-electron chi connectivity index (χ2n) is 6.32. The van der Waals surface area contributed by atoms with Crippen molar-refractivity contribution in [2.24, 2.45) is 0 Å². The van der Waals surface area contributed by atoms with Crippen molar-refractivity contribution in [2.45, 2.75) is 21.6 Å². The van der Waals surface area contributed by atoms with Gasteiger partial charge in [0.05, 0.1) is 10.9 Å². The molecule has 26 heavy (non-hydrogen) atoms. The molecule has 0 saturated carbocycles. The monoisotopic (exact) mass is 353 g/mol. The van der Waals surface area contributed by atoms with E-state index in [1.54, 1.807) is 0 Å². The Morgan fingerprint density at radius 1 is 0.423 bits per heavy atom. The highest BCUT2D eigenvalue weighted by Crippen LogP contribution is 2.32. The first-order chi connectivity index (χ1) is 12.8. The van der Waals surface area contributed by atoms with Gasteiger partial charge in [0.25, 0.3) is 0 Å². The summed E-state index contributed by atoms with van der Waals surface area (Å²) in [5.41, 5.74) is 3.82. The van der Waals surface area contributed by atoms with Crippen molar-refractivity contribution in [1.29, 1.82) is 0 Å². The van der Waals surface area contributed by atoms with E-state index >= 15 is 0 Å². The van der Waals surface area contributed by atoms with Crippen molar-refractivity contribution in [3.63, 3.8) is 0 Å². The molecule has 0 aliphatic heterocycles. The smallest absolute Gasteiger partial charge is 0.0619 e. The Morgan fingerprint density at radius 3 is 1.27 bits per heavy atom. The molecule has 0 bridgehead atoms. The van der Waals surface area contributed by atoms with E-state index in [9.17, 15) is 0 Å². The number of aryl methyl sites for hydroxylation is 1. The zero-order valence-corrected chi connectivity index (χ0v) is 15.6. The average Bonchev–Trinajstić information content (AvgIpc) is 2.71. The third-order valence-electron chi connectivity index (χ3n) is 4.43. The summed E-state index contributed by atoms with van der Waals surface area (Å²) in [5.74, 6) is 0. The number of rotatable bonds is 4. The first-order valence-electron chi connectivity index (χ1n) is 8.83. The van der Waals surface area contributed by atoms with Gasteiger partial charge in [-0.15, -0.1) is 0 Å². The molecule has 0 atom stereocenters. The summed E-state index contributed by atoms with van der Waals surface area (Å²) in [6, 6.07) is 39.3. The summed E-state index contributed by atoms with van der Waals surface area (Å²) in [5, 5.41) is 0. The lowest BCUT2D eigenvalue weighted by atomic mass is 10.0. The van der Waals surface area contributed by atoms with Crippen LogP contribution in [0.2, 0.25) is 0 Å². The first kappa shape index (κ1) is 16.7. The van der Waals surface area contributed by atoms with Crippen LogP contribution in [0.25, 0.3) is 11.1 Å². The fourth-order valence-electron chi connectivity index (χ4n) is 3.05. The van der Waals surface area contributed by atoms with Crippen molar-refractivity contribution in [3.8, 4) is 11.1 Å². The second-order valence-corrected chi connectivity index (χ2v) is 8.35. The Bertz CT molecular complexity index is 917. The molecule has 0 saturated heterocycles. The lowest BCUT2D eigenvalue weighted by molar-refractivity contribution is 1.32. The van der Waals surface area contributed by atoms with Crippen LogP contribution >= 0.6 is 0 Å². The van der Waals surface area contributed by atoms with Gasteiger partial charge < -0.3 is 0 Å². The third kappa shape index (κ3) is 3.58. The van der Waals surface area contributed by atoms with Gasteiger partial charge in [-0.2, -0.15) is 0 Å². The van der Waals surface area contributed by atoms with Crippen molar-refractivity contribution >= 4 is 10.9 Å². The molecule has 0 spiro atoms. The van der Waals surface area contributed by atoms with Crippen LogP contribution in [0.1, 0.15) is 5.56 Å². The van der Waals surface area contributed by atoms with Gasteiger partial charge in [0, 0.05) is 0 Å². The zero-order chi connectivity index (χ0) is 17.8. The molecule has 0 radical (unpaired) electrons. The third-order valence-corrected chi connectivity index (χ3v) is 6.66. The molecule has 0 aliphatic rings. The zero-order valence-electron chi connectivity index (χ0n) is 14.8. The van der Waals surface area contributed by atoms with E-state index in [1.165, 1.54) is 31.4 Å². The molecule has 0 nitrogen and oxygen atoms in total. The predicted molar refractivity (Wildman–Crippen MR) is 112 cm³/mol. The SMILES string of the molecule is Cc1ccc(-c2ccc([S+](c3ccccc3)c3ccccc3)cc2)cc1. The predicted octanol–water partition coefficient (Wildman–Crippen LogP) is 6.76. The molecular formula is C25H21S+. The average molecular weight is 354 g/mol. The van der Waals surface area contributed by atoms with Crippen LogP contribution < -0.4 is 0 Å². The van der Waals surface area contributed by atoms with E-state index in [0.29, 0.717) is 0 Å². The Kier molecular flexibility index (Phi) is 4.90. The summed E-state index contributed by atoms with van der Waals surface area (Å²) in [6.07, 6.45) is 0. The van der Waals surface area contributed by atoms with Gasteiger partial charge in [-0.3, -0.25) is 0 Å². The molecule has 4 rings (SSSR count). The molecule has 0 unspecified atom stereocenters. The quantitative estimate of drug-likeness (QED) is 0.356. The van der Waals surface area contributed by atoms with E-state index in [4.69, 9.17) is 0 Å². The van der Waals surface area contributed by atoms with E-state index in [-0.39, 0.29) is 10.9 Å². The van der Waals surface area contributed by atoms with E-state index in [1.807, 2.05) is 0 Å². The summed E-state index contributed by atoms with van der Waals surface area (Å²) >= 11 is 0. The van der Waals surface area contributed by atoms with Gasteiger partial charge in [-0.25, -0.2) is 0 Å². The standard InChI is InChI=1S/C25H21S/c1-20-12-14-21(15-13-20)22-16-18-25(19-17-22)26(23-8-4-2-5-9-23)24-10-6-3-7-11-24/h2-19H,1H3/q+1. The fraction of sp³-hybridized carbons (Fsp3) is 0.0400. The van der Waals surface area contributed by atoms with Gasteiger partial charge in [0.15, 0.2) is 14.7 Å². The highest BCUT2D eigenvalue weighted by Gasteiger charge is 2.27. The lowest BCUT2D eigenvalue weighted by Gasteiger charge is -2.09. The van der Waals surface area contributed by atoms with Crippen LogP contribution in [-0.4, -0.2) is 0 Å². The minimum absolute atomic E-state index is 0.0830. The fourth-order valence-corrected chi connectivity index (χ4v) is 5.13. The number of benzene rings is 4. The van der Waals surface area contributed by atoms with Gasteiger partial charge in [-0.1, -0.05) is 66.2 Å². The van der Waals surface area contributed by atoms with Crippen LogP contribution in [0.3, 0.4) is 0 Å². The molecule has 0 N–H and O–H groups in total. The Balaban J connectivity index is 1.73. The van der Waals surface area contributed by atoms with Crippen LogP contribution in [0.15, 0.2) is 124 Å². The highest BCUT2D eigenvalue weighted by atomic mass is 32.2. The topological polar surface area (TPSA) is 0 Å². The molecule has 0 fully saturated rings.